The van der Waals surface area contributed by atoms with Crippen molar-refractivity contribution in [2.24, 2.45) is 5.92 Å². The number of rotatable bonds is 9. The topological polar surface area (TPSA) is 4.93 Å². The third kappa shape index (κ3) is 7.23. The van der Waals surface area contributed by atoms with Crippen molar-refractivity contribution >= 4 is 28.1 Å². The quantitative estimate of drug-likeness (QED) is 0.139. The predicted molar refractivity (Wildman–Crippen MR) is 242 cm³/mol. The molecule has 6 aromatic carbocycles. The van der Waals surface area contributed by atoms with E-state index in [1.54, 1.807) is 11.1 Å². The van der Waals surface area contributed by atoms with Crippen LogP contribution in [0.25, 0.3) is 56.1 Å². The van der Waals surface area contributed by atoms with Crippen molar-refractivity contribution in [1.82, 2.24) is 4.57 Å². The summed E-state index contributed by atoms with van der Waals surface area (Å²) in [4.78, 5) is 0. The van der Waals surface area contributed by atoms with Crippen molar-refractivity contribution in [3.8, 4) is 27.9 Å². The van der Waals surface area contributed by atoms with Crippen LogP contribution in [0.4, 0.5) is 0 Å². The number of fused-ring (bicyclic) bond motifs is 3. The lowest BCUT2D eigenvalue weighted by Crippen LogP contribution is -2.12. The number of hydrogen-bond donors (Lipinski definition) is 0. The van der Waals surface area contributed by atoms with Crippen LogP contribution in [0.3, 0.4) is 0 Å². The Balaban J connectivity index is 0.841. The average Bonchev–Trinajstić information content (AvgIpc) is 3.62. The maximum absolute atomic E-state index is 2.47. The summed E-state index contributed by atoms with van der Waals surface area (Å²) >= 11 is 0. The molecule has 0 bridgehead atoms. The minimum absolute atomic E-state index is 0.438. The van der Waals surface area contributed by atoms with Gasteiger partial charge in [0.1, 0.15) is 0 Å². The van der Waals surface area contributed by atoms with Crippen molar-refractivity contribution in [2.45, 2.75) is 44.9 Å². The normalized spacial score (nSPS) is 16.4. The van der Waals surface area contributed by atoms with Gasteiger partial charge in [-0.2, -0.15) is 0 Å². The Morgan fingerprint density at radius 2 is 1.11 bits per heavy atom. The van der Waals surface area contributed by atoms with Crippen LogP contribution >= 0.6 is 0 Å². The molecule has 1 unspecified atom stereocenters. The highest BCUT2D eigenvalue weighted by Gasteiger charge is 2.23. The molecule has 1 heteroatoms. The Labute approximate surface area is 337 Å². The zero-order valence-electron chi connectivity index (χ0n) is 32.4. The fourth-order valence-electron chi connectivity index (χ4n) is 9.37. The zero-order valence-corrected chi connectivity index (χ0v) is 32.4. The van der Waals surface area contributed by atoms with E-state index in [2.05, 4.69) is 199 Å². The Kier molecular flexibility index (Phi) is 9.58. The molecule has 1 aromatic heterocycles. The number of hydrogen-bond acceptors (Lipinski definition) is 0. The molecule has 1 nitrogen and oxygen atoms in total. The summed E-state index contributed by atoms with van der Waals surface area (Å²) in [6.45, 7) is 0. The van der Waals surface area contributed by atoms with Crippen LogP contribution in [0.1, 0.15) is 60.1 Å². The predicted octanol–water partition coefficient (Wildman–Crippen LogP) is 14.7. The highest BCUT2D eigenvalue weighted by Crippen LogP contribution is 2.40. The van der Waals surface area contributed by atoms with Crippen LogP contribution in [-0.4, -0.2) is 4.57 Å². The van der Waals surface area contributed by atoms with E-state index in [-0.39, 0.29) is 0 Å². The molecule has 0 saturated heterocycles. The summed E-state index contributed by atoms with van der Waals surface area (Å²) in [6.07, 6.45) is 21.8. The first-order valence-corrected chi connectivity index (χ1v) is 20.7. The van der Waals surface area contributed by atoms with Crippen LogP contribution in [0.15, 0.2) is 199 Å². The fourth-order valence-corrected chi connectivity index (χ4v) is 9.37. The molecule has 3 aliphatic rings. The summed E-state index contributed by atoms with van der Waals surface area (Å²) in [5.74, 6) is 0.438. The number of para-hydroxylation sites is 1. The van der Waals surface area contributed by atoms with Gasteiger partial charge in [0.25, 0.3) is 0 Å². The summed E-state index contributed by atoms with van der Waals surface area (Å²) in [7, 11) is 0. The molecule has 0 N–H and O–H groups in total. The molecule has 276 valence electrons. The molecule has 1 heterocycles. The van der Waals surface area contributed by atoms with Crippen molar-refractivity contribution < 1.29 is 0 Å². The Morgan fingerprint density at radius 3 is 1.82 bits per heavy atom. The summed E-state index contributed by atoms with van der Waals surface area (Å²) in [5, 5.41) is 1.34. The van der Waals surface area contributed by atoms with Gasteiger partial charge in [-0.15, -0.1) is 0 Å². The van der Waals surface area contributed by atoms with E-state index >= 15 is 0 Å². The zero-order chi connectivity index (χ0) is 38.0. The molecule has 7 aromatic rings. The van der Waals surface area contributed by atoms with E-state index in [1.807, 2.05) is 0 Å². The third-order valence-electron chi connectivity index (χ3n) is 12.3. The van der Waals surface area contributed by atoms with Gasteiger partial charge in [-0.3, -0.25) is 0 Å². The molecular formula is C56H47N. The summed E-state index contributed by atoms with van der Waals surface area (Å²) in [5.41, 5.74) is 20.4. The van der Waals surface area contributed by atoms with Crippen molar-refractivity contribution in [1.29, 1.82) is 0 Å². The monoisotopic (exact) mass is 733 g/mol. The number of allylic oxidation sites excluding steroid dienone is 9. The van der Waals surface area contributed by atoms with Gasteiger partial charge in [-0.05, 0) is 119 Å². The number of nitrogens with zero attached hydrogens (tertiary/aromatic N) is 1. The molecule has 57 heavy (non-hydrogen) atoms. The van der Waals surface area contributed by atoms with Crippen LogP contribution in [0.5, 0.6) is 0 Å². The second-order valence-electron chi connectivity index (χ2n) is 16.0. The second-order valence-corrected chi connectivity index (χ2v) is 16.0. The molecule has 0 saturated carbocycles. The van der Waals surface area contributed by atoms with E-state index in [0.29, 0.717) is 5.92 Å². The van der Waals surface area contributed by atoms with E-state index in [4.69, 9.17) is 0 Å². The van der Waals surface area contributed by atoms with Gasteiger partial charge in [0, 0.05) is 22.3 Å². The van der Waals surface area contributed by atoms with Gasteiger partial charge in [-0.25, -0.2) is 0 Å². The van der Waals surface area contributed by atoms with Gasteiger partial charge in [0.15, 0.2) is 0 Å². The van der Waals surface area contributed by atoms with E-state index in [9.17, 15) is 0 Å². The third-order valence-corrected chi connectivity index (χ3v) is 12.3. The van der Waals surface area contributed by atoms with Gasteiger partial charge < -0.3 is 4.57 Å². The number of benzene rings is 6. The smallest absolute Gasteiger partial charge is 0.0537 e. The Morgan fingerprint density at radius 1 is 0.491 bits per heavy atom. The fraction of sp³-hybridized carbons (Fsp3) is 0.143. The second kappa shape index (κ2) is 15.6. The lowest BCUT2D eigenvalue weighted by Gasteiger charge is -2.27. The summed E-state index contributed by atoms with van der Waals surface area (Å²) in [6, 6.07) is 58.1. The van der Waals surface area contributed by atoms with Crippen LogP contribution in [0, 0.1) is 5.92 Å². The van der Waals surface area contributed by atoms with Crippen molar-refractivity contribution in [3.05, 3.63) is 227 Å². The van der Waals surface area contributed by atoms with Crippen molar-refractivity contribution in [2.75, 3.05) is 0 Å². The SMILES string of the molecule is C1=Cc2c(n(-c3ccc(-c4ccc(CC5CC(CC6=CC=C(c7ccc(-c8ccccc8)cc7)CC6)=CC=C5c5ccccc5)cc4)cc3)c3ccccc23)CC1. The Hall–Kier alpha value is -6.44. The van der Waals surface area contributed by atoms with Gasteiger partial charge in [0.05, 0.1) is 5.52 Å². The summed E-state index contributed by atoms with van der Waals surface area (Å²) < 4.78 is 2.47. The van der Waals surface area contributed by atoms with Gasteiger partial charge >= 0.3 is 0 Å². The molecule has 10 rings (SSSR count). The largest absolute Gasteiger partial charge is 0.313 e. The molecular weight excluding hydrogens is 687 g/mol. The van der Waals surface area contributed by atoms with E-state index < -0.39 is 0 Å². The molecule has 1 atom stereocenters. The first-order chi connectivity index (χ1) is 28.2. The average molecular weight is 734 g/mol. The highest BCUT2D eigenvalue weighted by molar-refractivity contribution is 5.93. The van der Waals surface area contributed by atoms with Gasteiger partial charge in [-0.1, -0.05) is 187 Å². The molecule has 0 amide bonds. The molecule has 0 spiro atoms. The minimum atomic E-state index is 0.438. The lowest BCUT2D eigenvalue weighted by molar-refractivity contribution is 0.639. The molecule has 0 fully saturated rings. The standard InChI is InChI=1S/C56H47N/c1-3-11-43(12-4-1)46-28-30-47(31-29-46)44-24-19-40(20-25-44)37-42-23-36-52(49-13-5-2-6-14-49)50(39-42)38-41-21-26-45(27-22-41)48-32-34-51(35-33-48)57-55-17-9-7-15-53(55)54-16-8-10-18-56(54)57/h1-9,11-17,19,21-24,26-36,50H,10,18,20,25,37-39H2. The molecule has 3 aliphatic carbocycles. The minimum Gasteiger partial charge on any atom is -0.313 e. The molecule has 0 aliphatic heterocycles. The molecule has 0 radical (unpaired) electrons. The maximum atomic E-state index is 2.47. The first-order valence-electron chi connectivity index (χ1n) is 20.7. The highest BCUT2D eigenvalue weighted by atomic mass is 15.0. The van der Waals surface area contributed by atoms with Crippen molar-refractivity contribution in [3.63, 3.8) is 0 Å². The lowest BCUT2D eigenvalue weighted by atomic mass is 9.78. The van der Waals surface area contributed by atoms with Gasteiger partial charge in [0.2, 0.25) is 0 Å². The maximum Gasteiger partial charge on any atom is 0.0537 e. The van der Waals surface area contributed by atoms with Crippen LogP contribution < -0.4 is 0 Å². The Bertz CT molecular complexity index is 2700. The van der Waals surface area contributed by atoms with E-state index in [1.165, 1.54) is 77.9 Å². The van der Waals surface area contributed by atoms with Crippen LogP contribution in [-0.2, 0) is 12.8 Å². The van der Waals surface area contributed by atoms with E-state index in [0.717, 1.165) is 44.9 Å². The first kappa shape index (κ1) is 35.0. The van der Waals surface area contributed by atoms with Crippen LogP contribution in [0.2, 0.25) is 0 Å². The number of aromatic nitrogens is 1.